The lowest BCUT2D eigenvalue weighted by Crippen LogP contribution is -2.18. The van der Waals surface area contributed by atoms with Crippen LogP contribution in [0.5, 0.6) is 0 Å². The van der Waals surface area contributed by atoms with Gasteiger partial charge in [-0.2, -0.15) is 5.26 Å². The first-order chi connectivity index (χ1) is 8.54. The van der Waals surface area contributed by atoms with Gasteiger partial charge in [0.25, 0.3) is 0 Å². The van der Waals surface area contributed by atoms with Crippen LogP contribution in [-0.2, 0) is 16.6 Å². The van der Waals surface area contributed by atoms with E-state index < -0.39 is 11.9 Å². The number of aromatic nitrogens is 1. The molecule has 0 spiro atoms. The minimum Gasteiger partial charge on any atom is -0.461 e. The Labute approximate surface area is 109 Å². The smallest absolute Gasteiger partial charge is 0.357 e. The summed E-state index contributed by atoms with van der Waals surface area (Å²) in [7, 11) is 1.59. The van der Waals surface area contributed by atoms with Gasteiger partial charge in [-0.05, 0) is 6.92 Å². The number of amides is 1. The molecule has 0 unspecified atom stereocenters. The first-order valence-electron chi connectivity index (χ1n) is 5.17. The van der Waals surface area contributed by atoms with Crippen LogP contribution in [0.25, 0.3) is 0 Å². The summed E-state index contributed by atoms with van der Waals surface area (Å²) in [6.07, 6.45) is 1.44. The highest BCUT2D eigenvalue weighted by atomic mass is 35.5. The monoisotopic (exact) mass is 269 g/mol. The number of hydrogen-bond acceptors (Lipinski definition) is 4. The number of nitriles is 1. The van der Waals surface area contributed by atoms with Crippen molar-refractivity contribution in [1.29, 1.82) is 5.26 Å². The summed E-state index contributed by atoms with van der Waals surface area (Å²) < 4.78 is 6.30. The van der Waals surface area contributed by atoms with E-state index in [4.69, 9.17) is 21.6 Å². The summed E-state index contributed by atoms with van der Waals surface area (Å²) in [4.78, 5) is 23.0. The molecule has 1 aromatic heterocycles. The summed E-state index contributed by atoms with van der Waals surface area (Å²) in [5, 5.41) is 11.4. The highest BCUT2D eigenvalue weighted by molar-refractivity contribution is 6.29. The molecule has 1 heterocycles. The SMILES string of the molecule is CCOC(=O)c1c(NC(=O)CCl)c(C#N)cn1C. The van der Waals surface area contributed by atoms with Gasteiger partial charge in [0.2, 0.25) is 5.91 Å². The number of nitrogens with zero attached hydrogens (tertiary/aromatic N) is 2. The van der Waals surface area contributed by atoms with Crippen molar-refractivity contribution in [3.63, 3.8) is 0 Å². The van der Waals surface area contributed by atoms with Gasteiger partial charge in [-0.1, -0.05) is 0 Å². The number of rotatable bonds is 4. The first kappa shape index (κ1) is 14.1. The summed E-state index contributed by atoms with van der Waals surface area (Å²) in [5.41, 5.74) is 0.426. The highest BCUT2D eigenvalue weighted by Gasteiger charge is 2.22. The molecule has 1 amide bonds. The quantitative estimate of drug-likeness (QED) is 0.659. The van der Waals surface area contributed by atoms with E-state index in [2.05, 4.69) is 5.32 Å². The largest absolute Gasteiger partial charge is 0.461 e. The zero-order valence-electron chi connectivity index (χ0n) is 9.99. The van der Waals surface area contributed by atoms with Gasteiger partial charge < -0.3 is 14.6 Å². The molecule has 0 saturated carbocycles. The molecule has 18 heavy (non-hydrogen) atoms. The molecule has 96 valence electrons. The molecule has 0 aliphatic rings. The molecule has 1 aromatic rings. The van der Waals surface area contributed by atoms with E-state index in [0.717, 1.165) is 0 Å². The topological polar surface area (TPSA) is 84.1 Å². The minimum absolute atomic E-state index is 0.117. The Kier molecular flexibility index (Phi) is 4.75. The average molecular weight is 270 g/mol. The lowest BCUT2D eigenvalue weighted by Gasteiger charge is -2.07. The predicted octanol–water partition coefficient (Wildman–Crippen LogP) is 1.25. The second-order valence-electron chi connectivity index (χ2n) is 3.39. The van der Waals surface area contributed by atoms with Crippen LogP contribution in [0.4, 0.5) is 5.69 Å². The van der Waals surface area contributed by atoms with Crippen molar-refractivity contribution in [2.24, 2.45) is 7.05 Å². The molecule has 0 radical (unpaired) electrons. The number of hydrogen-bond donors (Lipinski definition) is 1. The van der Waals surface area contributed by atoms with E-state index in [9.17, 15) is 9.59 Å². The number of nitrogens with one attached hydrogen (secondary N) is 1. The third kappa shape index (κ3) is 2.81. The van der Waals surface area contributed by atoms with Gasteiger partial charge >= 0.3 is 5.97 Å². The Hall–Kier alpha value is -2.00. The van der Waals surface area contributed by atoms with Crippen LogP contribution in [0.15, 0.2) is 6.20 Å². The van der Waals surface area contributed by atoms with Crippen LogP contribution in [0.1, 0.15) is 23.0 Å². The van der Waals surface area contributed by atoms with Crippen LogP contribution in [-0.4, -0.2) is 28.9 Å². The summed E-state index contributed by atoms with van der Waals surface area (Å²) in [5.74, 6) is -1.36. The number of anilines is 1. The number of ether oxygens (including phenoxy) is 1. The molecule has 0 aliphatic heterocycles. The molecule has 1 rings (SSSR count). The standard InChI is InChI=1S/C11H12ClN3O3/c1-3-18-11(17)10-9(14-8(16)4-12)7(5-13)6-15(10)2/h6H,3-4H2,1-2H3,(H,14,16). The molecule has 0 aromatic carbocycles. The summed E-state index contributed by atoms with van der Waals surface area (Å²) in [6, 6.07) is 1.90. The summed E-state index contributed by atoms with van der Waals surface area (Å²) in [6.45, 7) is 1.87. The molecule has 0 saturated heterocycles. The molecular formula is C11H12ClN3O3. The molecule has 1 N–H and O–H groups in total. The van der Waals surface area contributed by atoms with Crippen molar-refractivity contribution in [1.82, 2.24) is 4.57 Å². The highest BCUT2D eigenvalue weighted by Crippen LogP contribution is 2.23. The Morgan fingerprint density at radius 3 is 2.78 bits per heavy atom. The lowest BCUT2D eigenvalue weighted by molar-refractivity contribution is -0.113. The maximum Gasteiger partial charge on any atom is 0.357 e. The lowest BCUT2D eigenvalue weighted by atomic mass is 10.2. The van der Waals surface area contributed by atoms with Crippen molar-refractivity contribution >= 4 is 29.2 Å². The van der Waals surface area contributed by atoms with Gasteiger partial charge in [-0.3, -0.25) is 4.79 Å². The fraction of sp³-hybridized carbons (Fsp3) is 0.364. The van der Waals surface area contributed by atoms with Crippen molar-refractivity contribution in [2.75, 3.05) is 17.8 Å². The van der Waals surface area contributed by atoms with E-state index >= 15 is 0 Å². The summed E-state index contributed by atoms with van der Waals surface area (Å²) >= 11 is 5.38. The number of carbonyl (C=O) groups excluding carboxylic acids is 2. The molecule has 6 nitrogen and oxygen atoms in total. The molecule has 7 heteroatoms. The van der Waals surface area contributed by atoms with Gasteiger partial charge in [-0.25, -0.2) is 4.79 Å². The van der Waals surface area contributed by atoms with E-state index in [1.54, 1.807) is 14.0 Å². The fourth-order valence-corrected chi connectivity index (χ4v) is 1.52. The fourth-order valence-electron chi connectivity index (χ4n) is 1.46. The number of halogens is 1. The van der Waals surface area contributed by atoms with Gasteiger partial charge in [0.1, 0.15) is 11.9 Å². The third-order valence-corrected chi connectivity index (χ3v) is 2.40. The van der Waals surface area contributed by atoms with Gasteiger partial charge in [0, 0.05) is 13.2 Å². The van der Waals surface area contributed by atoms with Crippen LogP contribution < -0.4 is 5.32 Å². The van der Waals surface area contributed by atoms with Crippen LogP contribution in [0.3, 0.4) is 0 Å². The van der Waals surface area contributed by atoms with Crippen LogP contribution in [0, 0.1) is 11.3 Å². The van der Waals surface area contributed by atoms with Gasteiger partial charge in [0.15, 0.2) is 5.69 Å². The Morgan fingerprint density at radius 1 is 1.61 bits per heavy atom. The van der Waals surface area contributed by atoms with Crippen molar-refractivity contribution in [2.45, 2.75) is 6.92 Å². The molecule has 0 bridgehead atoms. The number of esters is 1. The van der Waals surface area contributed by atoms with E-state index in [0.29, 0.717) is 0 Å². The molecular weight excluding hydrogens is 258 g/mol. The first-order valence-corrected chi connectivity index (χ1v) is 5.70. The van der Waals surface area contributed by atoms with E-state index in [1.165, 1.54) is 10.8 Å². The van der Waals surface area contributed by atoms with Crippen molar-refractivity contribution in [3.8, 4) is 6.07 Å². The Morgan fingerprint density at radius 2 is 2.28 bits per heavy atom. The minimum atomic E-state index is -0.605. The maximum atomic E-state index is 11.7. The van der Waals surface area contributed by atoms with Crippen LogP contribution >= 0.6 is 11.6 Å². The van der Waals surface area contributed by atoms with Gasteiger partial charge in [-0.15, -0.1) is 11.6 Å². The average Bonchev–Trinajstić information content (AvgIpc) is 2.65. The maximum absolute atomic E-state index is 11.7. The Balaban J connectivity index is 3.23. The van der Waals surface area contributed by atoms with E-state index in [1.807, 2.05) is 6.07 Å². The normalized spacial score (nSPS) is 9.67. The molecule has 0 fully saturated rings. The van der Waals surface area contributed by atoms with Gasteiger partial charge in [0.05, 0.1) is 17.9 Å². The predicted molar refractivity (Wildman–Crippen MR) is 65.4 cm³/mol. The zero-order chi connectivity index (χ0) is 13.7. The van der Waals surface area contributed by atoms with Crippen molar-refractivity contribution in [3.05, 3.63) is 17.5 Å². The second kappa shape index (κ2) is 6.07. The van der Waals surface area contributed by atoms with E-state index in [-0.39, 0.29) is 29.4 Å². The molecule has 0 atom stereocenters. The third-order valence-electron chi connectivity index (χ3n) is 2.16. The molecule has 0 aliphatic carbocycles. The number of carbonyl (C=O) groups is 2. The van der Waals surface area contributed by atoms with Crippen LogP contribution in [0.2, 0.25) is 0 Å². The number of alkyl halides is 1. The van der Waals surface area contributed by atoms with Crippen molar-refractivity contribution < 1.29 is 14.3 Å². The Bertz CT molecular complexity index is 516. The zero-order valence-corrected chi connectivity index (χ0v) is 10.7. The second-order valence-corrected chi connectivity index (χ2v) is 3.66. The number of aryl methyl sites for hydroxylation is 1.